The van der Waals surface area contributed by atoms with Gasteiger partial charge in [-0.2, -0.15) is 0 Å². The third-order valence-corrected chi connectivity index (χ3v) is 4.70. The maximum atomic E-state index is 13.2. The lowest BCUT2D eigenvalue weighted by Crippen LogP contribution is -2.42. The topological polar surface area (TPSA) is 90.2 Å². The van der Waals surface area contributed by atoms with Gasteiger partial charge in [0.25, 0.3) is 5.56 Å². The minimum Gasteiger partial charge on any atom is -0.355 e. The number of nitrogens with zero attached hydrogens (tertiary/aromatic N) is 2. The molecule has 7 heteroatoms. The lowest BCUT2D eigenvalue weighted by atomic mass is 10.1. The maximum Gasteiger partial charge on any atom is 0.336 e. The zero-order chi connectivity index (χ0) is 21.1. The number of hydrogen-bond acceptors (Lipinski definition) is 4. The van der Waals surface area contributed by atoms with Crippen LogP contribution in [0.1, 0.15) is 36.2 Å². The number of hydrogen-bond donors (Lipinski definition) is 1. The molecule has 150 valence electrons. The van der Waals surface area contributed by atoms with E-state index in [2.05, 4.69) is 5.32 Å². The number of benzene rings is 2. The molecule has 0 fully saturated rings. The number of nitrogens with one attached hydrogen (secondary N) is 1. The molecule has 0 aliphatic carbocycles. The number of aromatic nitrogens is 2. The smallest absolute Gasteiger partial charge is 0.336 e. The molecule has 29 heavy (non-hydrogen) atoms. The molecule has 3 rings (SSSR count). The molecule has 1 amide bonds. The number of amides is 1. The van der Waals surface area contributed by atoms with E-state index in [1.165, 1.54) is 11.5 Å². The molecule has 0 atom stereocenters. The zero-order valence-electron chi connectivity index (χ0n) is 16.7. The summed E-state index contributed by atoms with van der Waals surface area (Å²) in [7, 11) is 0. The van der Waals surface area contributed by atoms with Crippen LogP contribution < -0.4 is 16.6 Å². The summed E-state index contributed by atoms with van der Waals surface area (Å²) in [5, 5.41) is 3.10. The molecular formula is C22H23N3O4. The van der Waals surface area contributed by atoms with E-state index in [0.29, 0.717) is 28.7 Å². The fourth-order valence-electron chi connectivity index (χ4n) is 3.18. The van der Waals surface area contributed by atoms with Gasteiger partial charge < -0.3 is 5.32 Å². The summed E-state index contributed by atoms with van der Waals surface area (Å²) in [6.45, 7) is 5.56. The van der Waals surface area contributed by atoms with E-state index in [0.717, 1.165) is 16.6 Å². The lowest BCUT2D eigenvalue weighted by molar-refractivity contribution is -0.121. The molecule has 0 aliphatic rings. The number of carbonyl (C=O) groups excluding carboxylic acids is 2. The van der Waals surface area contributed by atoms with E-state index in [-0.39, 0.29) is 18.2 Å². The van der Waals surface area contributed by atoms with Crippen molar-refractivity contribution in [3.05, 3.63) is 74.4 Å². The molecule has 0 aliphatic heterocycles. The van der Waals surface area contributed by atoms with Gasteiger partial charge in [-0.05, 0) is 56.7 Å². The van der Waals surface area contributed by atoms with Crippen molar-refractivity contribution in [2.45, 2.75) is 33.7 Å². The fourth-order valence-corrected chi connectivity index (χ4v) is 3.18. The first kappa shape index (κ1) is 20.3. The Kier molecular flexibility index (Phi) is 5.77. The summed E-state index contributed by atoms with van der Waals surface area (Å²) in [5.74, 6) is -0.406. The van der Waals surface area contributed by atoms with E-state index in [1.807, 2.05) is 13.8 Å². The zero-order valence-corrected chi connectivity index (χ0v) is 16.7. The van der Waals surface area contributed by atoms with Crippen LogP contribution in [0.15, 0.2) is 52.1 Å². The minimum atomic E-state index is -0.603. The second-order valence-electron chi connectivity index (χ2n) is 6.98. The van der Waals surface area contributed by atoms with Gasteiger partial charge in [0.05, 0.1) is 16.6 Å². The number of aryl methyl sites for hydroxylation is 1. The van der Waals surface area contributed by atoms with Crippen LogP contribution in [0.3, 0.4) is 0 Å². The Morgan fingerprint density at radius 2 is 1.72 bits per heavy atom. The highest BCUT2D eigenvalue weighted by Crippen LogP contribution is 2.13. The highest BCUT2D eigenvalue weighted by Gasteiger charge is 2.17. The maximum absolute atomic E-state index is 13.2. The number of rotatable bonds is 6. The van der Waals surface area contributed by atoms with Gasteiger partial charge in [0.2, 0.25) is 5.91 Å². The van der Waals surface area contributed by atoms with Gasteiger partial charge in [-0.15, -0.1) is 0 Å². The quantitative estimate of drug-likeness (QED) is 0.650. The first-order valence-electron chi connectivity index (χ1n) is 9.47. The molecule has 0 saturated heterocycles. The van der Waals surface area contributed by atoms with Crippen LogP contribution in [-0.4, -0.2) is 27.4 Å². The predicted molar refractivity (Wildman–Crippen MR) is 112 cm³/mol. The van der Waals surface area contributed by atoms with Crippen molar-refractivity contribution in [1.29, 1.82) is 0 Å². The van der Waals surface area contributed by atoms with Crippen molar-refractivity contribution in [1.82, 2.24) is 14.5 Å². The van der Waals surface area contributed by atoms with Gasteiger partial charge in [-0.25, -0.2) is 9.36 Å². The van der Waals surface area contributed by atoms with E-state index >= 15 is 0 Å². The van der Waals surface area contributed by atoms with E-state index in [9.17, 15) is 19.2 Å². The molecule has 2 aromatic carbocycles. The van der Waals surface area contributed by atoms with Gasteiger partial charge in [0.1, 0.15) is 6.54 Å². The average Bonchev–Trinajstić information content (AvgIpc) is 2.70. The van der Waals surface area contributed by atoms with Gasteiger partial charge >= 0.3 is 5.69 Å². The van der Waals surface area contributed by atoms with Crippen LogP contribution in [0.25, 0.3) is 16.6 Å². The summed E-state index contributed by atoms with van der Waals surface area (Å²) < 4.78 is 2.35. The van der Waals surface area contributed by atoms with Crippen LogP contribution in [0.4, 0.5) is 0 Å². The first-order valence-corrected chi connectivity index (χ1v) is 9.47. The number of Topliss-reactive ketones (excluding diaryl/α,β-unsaturated/α-hetero) is 1. The van der Waals surface area contributed by atoms with Gasteiger partial charge in [0, 0.05) is 12.1 Å². The Balaban J connectivity index is 2.24. The van der Waals surface area contributed by atoms with Crippen molar-refractivity contribution >= 4 is 22.6 Å². The standard InChI is InChI=1S/C22H23N3O4/c1-4-11-23-20(27)13-24-19-10-5-14(2)12-18(19)21(28)25(22(24)29)17-8-6-16(7-9-17)15(3)26/h5-10,12H,4,11,13H2,1-3H3,(H,23,27). The fraction of sp³-hybridized carbons (Fsp3) is 0.273. The molecule has 0 saturated carbocycles. The van der Waals surface area contributed by atoms with Gasteiger partial charge in [-0.3, -0.25) is 19.0 Å². The lowest BCUT2D eigenvalue weighted by Gasteiger charge is -2.15. The summed E-state index contributed by atoms with van der Waals surface area (Å²) in [5.41, 5.74) is 1.04. The molecule has 3 aromatic rings. The van der Waals surface area contributed by atoms with Crippen LogP contribution in [0.2, 0.25) is 0 Å². The van der Waals surface area contributed by atoms with Crippen molar-refractivity contribution in [2.24, 2.45) is 0 Å². The van der Waals surface area contributed by atoms with Crippen LogP contribution >= 0.6 is 0 Å². The van der Waals surface area contributed by atoms with Crippen LogP contribution in [-0.2, 0) is 11.3 Å². The van der Waals surface area contributed by atoms with E-state index in [4.69, 9.17) is 0 Å². The largest absolute Gasteiger partial charge is 0.355 e. The third kappa shape index (κ3) is 4.03. The van der Waals surface area contributed by atoms with Crippen molar-refractivity contribution in [3.63, 3.8) is 0 Å². The highest BCUT2D eigenvalue weighted by atomic mass is 16.2. The van der Waals surface area contributed by atoms with Gasteiger partial charge in [-0.1, -0.05) is 18.6 Å². The number of ketones is 1. The molecule has 1 heterocycles. The molecule has 1 N–H and O–H groups in total. The monoisotopic (exact) mass is 393 g/mol. The minimum absolute atomic E-state index is 0.108. The molecule has 1 aromatic heterocycles. The molecule has 0 unspecified atom stereocenters. The van der Waals surface area contributed by atoms with Gasteiger partial charge in [0.15, 0.2) is 5.78 Å². The van der Waals surface area contributed by atoms with E-state index < -0.39 is 11.2 Å². The predicted octanol–water partition coefficient (Wildman–Crippen LogP) is 2.19. The highest BCUT2D eigenvalue weighted by molar-refractivity contribution is 5.94. The summed E-state index contributed by atoms with van der Waals surface area (Å²) in [6, 6.07) is 11.4. The van der Waals surface area contributed by atoms with Crippen LogP contribution in [0.5, 0.6) is 0 Å². The second kappa shape index (κ2) is 8.26. The number of carbonyl (C=O) groups is 2. The Labute approximate surface area is 167 Å². The molecule has 0 spiro atoms. The number of fused-ring (bicyclic) bond motifs is 1. The Morgan fingerprint density at radius 1 is 1.03 bits per heavy atom. The summed E-state index contributed by atoms with van der Waals surface area (Å²) in [6.07, 6.45) is 0.780. The Hall–Kier alpha value is -3.48. The Bertz CT molecular complexity index is 1200. The summed E-state index contributed by atoms with van der Waals surface area (Å²) >= 11 is 0. The van der Waals surface area contributed by atoms with Crippen molar-refractivity contribution in [3.8, 4) is 5.69 Å². The van der Waals surface area contributed by atoms with Crippen molar-refractivity contribution < 1.29 is 9.59 Å². The second-order valence-corrected chi connectivity index (χ2v) is 6.98. The first-order chi connectivity index (χ1) is 13.8. The van der Waals surface area contributed by atoms with Crippen molar-refractivity contribution in [2.75, 3.05) is 6.54 Å². The molecular weight excluding hydrogens is 370 g/mol. The molecule has 7 nitrogen and oxygen atoms in total. The third-order valence-electron chi connectivity index (χ3n) is 4.70. The summed E-state index contributed by atoms with van der Waals surface area (Å²) in [4.78, 5) is 50.1. The van der Waals surface area contributed by atoms with E-state index in [1.54, 1.807) is 42.5 Å². The molecule has 0 radical (unpaired) electrons. The normalized spacial score (nSPS) is 10.9. The Morgan fingerprint density at radius 3 is 2.34 bits per heavy atom. The SMILES string of the molecule is CCCNC(=O)Cn1c(=O)n(-c2ccc(C(C)=O)cc2)c(=O)c2cc(C)ccc21. The molecule has 0 bridgehead atoms. The average molecular weight is 393 g/mol. The van der Waals surface area contributed by atoms with Crippen LogP contribution in [0, 0.1) is 6.92 Å².